The Morgan fingerprint density at radius 3 is 2.43 bits per heavy atom. The van der Waals surface area contributed by atoms with Gasteiger partial charge in [-0.3, -0.25) is 0 Å². The Kier molecular flexibility index (Phi) is 5.40. The van der Waals surface area contributed by atoms with E-state index < -0.39 is 0 Å². The first-order valence-corrected chi connectivity index (χ1v) is 7.60. The highest BCUT2D eigenvalue weighted by atomic mass is 16.5. The van der Waals surface area contributed by atoms with Gasteiger partial charge in [0, 0.05) is 12.1 Å². The van der Waals surface area contributed by atoms with Gasteiger partial charge in [0.2, 0.25) is 0 Å². The summed E-state index contributed by atoms with van der Waals surface area (Å²) in [5.74, 6) is 2.52. The molecule has 2 aromatic rings. The second-order valence-electron chi connectivity index (χ2n) is 5.93. The van der Waals surface area contributed by atoms with Gasteiger partial charge in [-0.1, -0.05) is 44.2 Å². The molecule has 1 N–H and O–H groups in total. The van der Waals surface area contributed by atoms with Crippen LogP contribution in [0.4, 0.5) is 0 Å². The van der Waals surface area contributed by atoms with E-state index in [9.17, 15) is 0 Å². The Hall–Kier alpha value is -1.80. The van der Waals surface area contributed by atoms with Crippen molar-refractivity contribution in [3.8, 4) is 11.5 Å². The summed E-state index contributed by atoms with van der Waals surface area (Å²) in [4.78, 5) is 0. The maximum atomic E-state index is 6.14. The molecule has 0 heterocycles. The zero-order valence-corrected chi connectivity index (χ0v) is 13.4. The molecule has 0 spiro atoms. The minimum absolute atomic E-state index is 0.650. The molecule has 0 atom stereocenters. The number of ether oxygens (including phenoxy) is 1. The van der Waals surface area contributed by atoms with Gasteiger partial charge in [-0.25, -0.2) is 0 Å². The van der Waals surface area contributed by atoms with Crippen molar-refractivity contribution >= 4 is 0 Å². The van der Waals surface area contributed by atoms with Gasteiger partial charge >= 0.3 is 0 Å². The lowest BCUT2D eigenvalue weighted by Gasteiger charge is -2.15. The molecule has 0 unspecified atom stereocenters. The Morgan fingerprint density at radius 1 is 0.952 bits per heavy atom. The lowest BCUT2D eigenvalue weighted by molar-refractivity contribution is 0.465. The normalized spacial score (nSPS) is 10.9. The smallest absolute Gasteiger partial charge is 0.131 e. The molecule has 0 aliphatic rings. The molecule has 21 heavy (non-hydrogen) atoms. The van der Waals surface area contributed by atoms with Crippen LogP contribution in [-0.2, 0) is 6.54 Å². The summed E-state index contributed by atoms with van der Waals surface area (Å²) < 4.78 is 6.14. The fraction of sp³-hybridized carbons (Fsp3) is 0.368. The van der Waals surface area contributed by atoms with Crippen molar-refractivity contribution in [3.63, 3.8) is 0 Å². The third-order valence-corrected chi connectivity index (χ3v) is 3.62. The molecule has 0 amide bonds. The average molecular weight is 283 g/mol. The number of para-hydroxylation sites is 1. The van der Waals surface area contributed by atoms with Crippen LogP contribution in [0.2, 0.25) is 0 Å². The van der Waals surface area contributed by atoms with Crippen molar-refractivity contribution < 1.29 is 4.74 Å². The van der Waals surface area contributed by atoms with E-state index in [2.05, 4.69) is 51.2 Å². The maximum absolute atomic E-state index is 6.14. The number of rotatable bonds is 6. The summed E-state index contributed by atoms with van der Waals surface area (Å²) >= 11 is 0. The summed E-state index contributed by atoms with van der Waals surface area (Å²) in [6, 6.07) is 14.4. The van der Waals surface area contributed by atoms with Gasteiger partial charge in [0.05, 0.1) is 0 Å². The van der Waals surface area contributed by atoms with Crippen LogP contribution in [0.1, 0.15) is 30.5 Å². The summed E-state index contributed by atoms with van der Waals surface area (Å²) in [5, 5.41) is 3.47. The van der Waals surface area contributed by atoms with Gasteiger partial charge in [0.1, 0.15) is 11.5 Å². The molecule has 0 aromatic heterocycles. The molecule has 112 valence electrons. The van der Waals surface area contributed by atoms with E-state index in [1.807, 2.05) is 24.3 Å². The highest BCUT2D eigenvalue weighted by Gasteiger charge is 2.07. The minimum atomic E-state index is 0.650. The van der Waals surface area contributed by atoms with Crippen molar-refractivity contribution in [1.29, 1.82) is 0 Å². The van der Waals surface area contributed by atoms with E-state index in [-0.39, 0.29) is 0 Å². The first-order chi connectivity index (χ1) is 10.1. The van der Waals surface area contributed by atoms with Gasteiger partial charge in [-0.2, -0.15) is 0 Å². The zero-order valence-electron chi connectivity index (χ0n) is 13.4. The second-order valence-corrected chi connectivity index (χ2v) is 5.93. The van der Waals surface area contributed by atoms with Crippen molar-refractivity contribution in [2.45, 2.75) is 34.2 Å². The zero-order chi connectivity index (χ0) is 15.2. The van der Waals surface area contributed by atoms with Crippen LogP contribution in [-0.4, -0.2) is 6.54 Å². The molecule has 0 aliphatic heterocycles. The van der Waals surface area contributed by atoms with Crippen LogP contribution in [0.3, 0.4) is 0 Å². The third kappa shape index (κ3) is 4.33. The van der Waals surface area contributed by atoms with E-state index in [4.69, 9.17) is 4.74 Å². The highest BCUT2D eigenvalue weighted by Crippen LogP contribution is 2.29. The van der Waals surface area contributed by atoms with Crippen molar-refractivity contribution in [3.05, 3.63) is 59.2 Å². The summed E-state index contributed by atoms with van der Waals surface area (Å²) in [6.45, 7) is 10.5. The van der Waals surface area contributed by atoms with Gasteiger partial charge in [-0.15, -0.1) is 0 Å². The highest BCUT2D eigenvalue weighted by molar-refractivity contribution is 5.43. The number of benzene rings is 2. The Labute approximate surface area is 128 Å². The SMILES string of the molecule is Cc1cccc(Oc2ccccc2CNCC(C)C)c1C. The van der Waals surface area contributed by atoms with Crippen LogP contribution in [0.15, 0.2) is 42.5 Å². The topological polar surface area (TPSA) is 21.3 Å². The van der Waals surface area contributed by atoms with Crippen LogP contribution >= 0.6 is 0 Å². The minimum Gasteiger partial charge on any atom is -0.457 e. The number of aryl methyl sites for hydroxylation is 1. The monoisotopic (exact) mass is 283 g/mol. The molecule has 0 fully saturated rings. The number of hydrogen-bond acceptors (Lipinski definition) is 2. The molecule has 0 radical (unpaired) electrons. The fourth-order valence-electron chi connectivity index (χ4n) is 2.20. The first kappa shape index (κ1) is 15.6. The quantitative estimate of drug-likeness (QED) is 0.819. The molecular formula is C19H25NO. The summed E-state index contributed by atoms with van der Waals surface area (Å²) in [7, 11) is 0. The fourth-order valence-corrected chi connectivity index (χ4v) is 2.20. The lowest BCUT2D eigenvalue weighted by Crippen LogP contribution is -2.19. The van der Waals surface area contributed by atoms with Gasteiger partial charge in [0.25, 0.3) is 0 Å². The number of hydrogen-bond donors (Lipinski definition) is 1. The molecule has 0 saturated carbocycles. The largest absolute Gasteiger partial charge is 0.457 e. The van der Waals surface area contributed by atoms with E-state index in [1.54, 1.807) is 0 Å². The van der Waals surface area contributed by atoms with Crippen molar-refractivity contribution in [2.75, 3.05) is 6.54 Å². The van der Waals surface area contributed by atoms with Crippen LogP contribution in [0.25, 0.3) is 0 Å². The average Bonchev–Trinajstić information content (AvgIpc) is 2.45. The Bertz CT molecular complexity index is 590. The molecular weight excluding hydrogens is 258 g/mol. The maximum Gasteiger partial charge on any atom is 0.131 e. The molecule has 2 rings (SSSR count). The van der Waals surface area contributed by atoms with Gasteiger partial charge < -0.3 is 10.1 Å². The van der Waals surface area contributed by atoms with E-state index in [0.717, 1.165) is 24.6 Å². The van der Waals surface area contributed by atoms with E-state index in [1.165, 1.54) is 16.7 Å². The summed E-state index contributed by atoms with van der Waals surface area (Å²) in [6.07, 6.45) is 0. The molecule has 0 saturated heterocycles. The predicted molar refractivity (Wildman–Crippen MR) is 89.0 cm³/mol. The first-order valence-electron chi connectivity index (χ1n) is 7.60. The molecule has 0 bridgehead atoms. The Morgan fingerprint density at radius 2 is 1.67 bits per heavy atom. The molecule has 0 aliphatic carbocycles. The van der Waals surface area contributed by atoms with E-state index >= 15 is 0 Å². The predicted octanol–water partition coefficient (Wildman–Crippen LogP) is 4.84. The van der Waals surface area contributed by atoms with Crippen LogP contribution < -0.4 is 10.1 Å². The van der Waals surface area contributed by atoms with Crippen LogP contribution in [0.5, 0.6) is 11.5 Å². The van der Waals surface area contributed by atoms with E-state index in [0.29, 0.717) is 5.92 Å². The standard InChI is InChI=1S/C19H25NO/c1-14(2)12-20-13-17-9-5-6-10-19(17)21-18-11-7-8-15(3)16(18)4/h5-11,14,20H,12-13H2,1-4H3. The molecule has 2 aromatic carbocycles. The molecule has 2 nitrogen and oxygen atoms in total. The van der Waals surface area contributed by atoms with Crippen molar-refractivity contribution in [2.24, 2.45) is 5.92 Å². The third-order valence-electron chi connectivity index (χ3n) is 3.62. The summed E-state index contributed by atoms with van der Waals surface area (Å²) in [5.41, 5.74) is 3.64. The van der Waals surface area contributed by atoms with Gasteiger partial charge in [0.15, 0.2) is 0 Å². The van der Waals surface area contributed by atoms with Crippen LogP contribution in [0, 0.1) is 19.8 Å². The second kappa shape index (κ2) is 7.28. The number of nitrogens with one attached hydrogen (secondary N) is 1. The molecule has 2 heteroatoms. The van der Waals surface area contributed by atoms with Gasteiger partial charge in [-0.05, 0) is 49.6 Å². The van der Waals surface area contributed by atoms with Crippen molar-refractivity contribution in [1.82, 2.24) is 5.32 Å². The lowest BCUT2D eigenvalue weighted by atomic mass is 10.1. The Balaban J connectivity index is 2.14.